The van der Waals surface area contributed by atoms with Gasteiger partial charge in [0.2, 0.25) is 0 Å². The van der Waals surface area contributed by atoms with Crippen molar-refractivity contribution in [1.29, 1.82) is 0 Å². The third kappa shape index (κ3) is 5.58. The standard InChI is InChI=1S/C11H26N2O/c1-4-11(5-2)13(8-6-7-12)9-10-14-3/h11H,4-10,12H2,1-3H3. The van der Waals surface area contributed by atoms with E-state index in [-0.39, 0.29) is 0 Å². The summed E-state index contributed by atoms with van der Waals surface area (Å²) in [6.45, 7) is 8.23. The second-order valence-electron chi connectivity index (χ2n) is 3.64. The molecule has 0 spiro atoms. The van der Waals surface area contributed by atoms with E-state index >= 15 is 0 Å². The van der Waals surface area contributed by atoms with Crippen molar-refractivity contribution in [1.82, 2.24) is 4.90 Å². The van der Waals surface area contributed by atoms with E-state index in [1.54, 1.807) is 7.11 Å². The van der Waals surface area contributed by atoms with Gasteiger partial charge in [0.1, 0.15) is 0 Å². The van der Waals surface area contributed by atoms with Crippen molar-refractivity contribution in [3.63, 3.8) is 0 Å². The van der Waals surface area contributed by atoms with Crippen molar-refractivity contribution < 1.29 is 4.74 Å². The minimum Gasteiger partial charge on any atom is -0.383 e. The molecule has 0 aromatic carbocycles. The van der Waals surface area contributed by atoms with Gasteiger partial charge >= 0.3 is 0 Å². The van der Waals surface area contributed by atoms with Crippen LogP contribution in [0.5, 0.6) is 0 Å². The molecule has 0 atom stereocenters. The zero-order valence-corrected chi connectivity index (χ0v) is 9.96. The van der Waals surface area contributed by atoms with E-state index in [1.807, 2.05) is 0 Å². The van der Waals surface area contributed by atoms with Crippen molar-refractivity contribution in [3.05, 3.63) is 0 Å². The van der Waals surface area contributed by atoms with Gasteiger partial charge in [-0.3, -0.25) is 4.90 Å². The number of hydrogen-bond donors (Lipinski definition) is 1. The normalized spacial score (nSPS) is 11.6. The Kier molecular flexibility index (Phi) is 9.35. The highest BCUT2D eigenvalue weighted by Crippen LogP contribution is 2.08. The van der Waals surface area contributed by atoms with Crippen LogP contribution in [0.25, 0.3) is 0 Å². The molecule has 0 aromatic heterocycles. The number of nitrogens with two attached hydrogens (primary N) is 1. The van der Waals surface area contributed by atoms with Gasteiger partial charge in [-0.25, -0.2) is 0 Å². The first kappa shape index (κ1) is 13.9. The summed E-state index contributed by atoms with van der Waals surface area (Å²) in [5.41, 5.74) is 5.53. The predicted octanol–water partition coefficient (Wildman–Crippen LogP) is 1.47. The first-order valence-electron chi connectivity index (χ1n) is 5.73. The zero-order chi connectivity index (χ0) is 10.8. The molecule has 0 fully saturated rings. The topological polar surface area (TPSA) is 38.5 Å². The molecule has 0 aliphatic rings. The molecule has 0 radical (unpaired) electrons. The van der Waals surface area contributed by atoms with E-state index in [0.29, 0.717) is 6.04 Å². The Bertz CT molecular complexity index is 108. The average molecular weight is 202 g/mol. The Morgan fingerprint density at radius 2 is 1.86 bits per heavy atom. The molecule has 0 heterocycles. The van der Waals surface area contributed by atoms with E-state index < -0.39 is 0 Å². The van der Waals surface area contributed by atoms with Crippen LogP contribution in [-0.4, -0.2) is 44.3 Å². The van der Waals surface area contributed by atoms with Crippen molar-refractivity contribution in [2.24, 2.45) is 5.73 Å². The first-order chi connectivity index (χ1) is 6.79. The lowest BCUT2D eigenvalue weighted by atomic mass is 10.1. The Hall–Kier alpha value is -0.120. The van der Waals surface area contributed by atoms with Gasteiger partial charge in [0.25, 0.3) is 0 Å². The maximum Gasteiger partial charge on any atom is 0.0589 e. The third-order valence-electron chi connectivity index (χ3n) is 2.69. The second-order valence-corrected chi connectivity index (χ2v) is 3.64. The van der Waals surface area contributed by atoms with E-state index in [4.69, 9.17) is 10.5 Å². The SMILES string of the molecule is CCC(CC)N(CCCN)CCOC. The van der Waals surface area contributed by atoms with Crippen LogP contribution in [0, 0.1) is 0 Å². The molecule has 3 nitrogen and oxygen atoms in total. The van der Waals surface area contributed by atoms with E-state index in [0.717, 1.165) is 32.7 Å². The minimum absolute atomic E-state index is 0.691. The molecule has 0 rings (SSSR count). The fourth-order valence-electron chi connectivity index (χ4n) is 1.78. The summed E-state index contributed by atoms with van der Waals surface area (Å²) in [6.07, 6.45) is 3.51. The van der Waals surface area contributed by atoms with Crippen LogP contribution in [0.2, 0.25) is 0 Å². The van der Waals surface area contributed by atoms with Gasteiger partial charge in [-0.15, -0.1) is 0 Å². The Balaban J connectivity index is 3.92. The fraction of sp³-hybridized carbons (Fsp3) is 1.00. The van der Waals surface area contributed by atoms with Crippen molar-refractivity contribution in [2.45, 2.75) is 39.2 Å². The van der Waals surface area contributed by atoms with Crippen LogP contribution in [0.4, 0.5) is 0 Å². The molecule has 86 valence electrons. The first-order valence-corrected chi connectivity index (χ1v) is 5.73. The van der Waals surface area contributed by atoms with Crippen LogP contribution < -0.4 is 5.73 Å². The van der Waals surface area contributed by atoms with Crippen LogP contribution >= 0.6 is 0 Å². The molecule has 14 heavy (non-hydrogen) atoms. The molecule has 0 saturated carbocycles. The number of rotatable bonds is 9. The maximum absolute atomic E-state index is 5.53. The predicted molar refractivity (Wildman–Crippen MR) is 61.5 cm³/mol. The third-order valence-corrected chi connectivity index (χ3v) is 2.69. The number of methoxy groups -OCH3 is 1. The van der Waals surface area contributed by atoms with Crippen molar-refractivity contribution in [3.8, 4) is 0 Å². The van der Waals surface area contributed by atoms with Gasteiger partial charge in [0.05, 0.1) is 6.61 Å². The van der Waals surface area contributed by atoms with Gasteiger partial charge < -0.3 is 10.5 Å². The van der Waals surface area contributed by atoms with Gasteiger partial charge in [-0.1, -0.05) is 13.8 Å². The van der Waals surface area contributed by atoms with E-state index in [9.17, 15) is 0 Å². The number of hydrogen-bond acceptors (Lipinski definition) is 3. The van der Waals surface area contributed by atoms with Crippen molar-refractivity contribution >= 4 is 0 Å². The summed E-state index contributed by atoms with van der Waals surface area (Å²) in [5.74, 6) is 0. The summed E-state index contributed by atoms with van der Waals surface area (Å²) in [6, 6.07) is 0.691. The van der Waals surface area contributed by atoms with Gasteiger partial charge in [0, 0.05) is 19.7 Å². The summed E-state index contributed by atoms with van der Waals surface area (Å²) in [4.78, 5) is 2.50. The van der Waals surface area contributed by atoms with Gasteiger partial charge in [-0.2, -0.15) is 0 Å². The highest BCUT2D eigenvalue weighted by Gasteiger charge is 2.13. The Labute approximate surface area is 88.6 Å². The van der Waals surface area contributed by atoms with Crippen LogP contribution in [0.15, 0.2) is 0 Å². The molecule has 0 bridgehead atoms. The molecule has 0 saturated heterocycles. The fourth-order valence-corrected chi connectivity index (χ4v) is 1.78. The summed E-state index contributed by atoms with van der Waals surface area (Å²) >= 11 is 0. The number of nitrogens with zero attached hydrogens (tertiary/aromatic N) is 1. The largest absolute Gasteiger partial charge is 0.383 e. The maximum atomic E-state index is 5.53. The Morgan fingerprint density at radius 1 is 1.21 bits per heavy atom. The minimum atomic E-state index is 0.691. The lowest BCUT2D eigenvalue weighted by molar-refractivity contribution is 0.115. The summed E-state index contributed by atoms with van der Waals surface area (Å²) in [7, 11) is 1.76. The summed E-state index contributed by atoms with van der Waals surface area (Å²) < 4.78 is 5.12. The van der Waals surface area contributed by atoms with E-state index in [2.05, 4.69) is 18.7 Å². The zero-order valence-electron chi connectivity index (χ0n) is 9.96. The molecule has 0 amide bonds. The lowest BCUT2D eigenvalue weighted by Gasteiger charge is -2.30. The van der Waals surface area contributed by atoms with Crippen molar-refractivity contribution in [2.75, 3.05) is 33.4 Å². The lowest BCUT2D eigenvalue weighted by Crippen LogP contribution is -2.38. The van der Waals surface area contributed by atoms with Gasteiger partial charge in [-0.05, 0) is 32.4 Å². The highest BCUT2D eigenvalue weighted by molar-refractivity contribution is 4.69. The molecular formula is C11H26N2O. The van der Waals surface area contributed by atoms with Crippen LogP contribution in [0.3, 0.4) is 0 Å². The molecule has 0 aliphatic carbocycles. The monoisotopic (exact) mass is 202 g/mol. The molecular weight excluding hydrogens is 176 g/mol. The van der Waals surface area contributed by atoms with Crippen LogP contribution in [-0.2, 0) is 4.74 Å². The molecule has 3 heteroatoms. The smallest absolute Gasteiger partial charge is 0.0589 e. The summed E-state index contributed by atoms with van der Waals surface area (Å²) in [5, 5.41) is 0. The Morgan fingerprint density at radius 3 is 2.29 bits per heavy atom. The quantitative estimate of drug-likeness (QED) is 0.615. The molecule has 0 aromatic rings. The highest BCUT2D eigenvalue weighted by atomic mass is 16.5. The molecule has 0 aliphatic heterocycles. The average Bonchev–Trinajstić information content (AvgIpc) is 2.22. The van der Waals surface area contributed by atoms with E-state index in [1.165, 1.54) is 12.8 Å². The molecule has 0 unspecified atom stereocenters. The van der Waals surface area contributed by atoms with Gasteiger partial charge in [0.15, 0.2) is 0 Å². The van der Waals surface area contributed by atoms with Crippen LogP contribution in [0.1, 0.15) is 33.1 Å². The molecule has 2 N–H and O–H groups in total. The second kappa shape index (κ2) is 9.44. The number of ether oxygens (including phenoxy) is 1.